The van der Waals surface area contributed by atoms with Gasteiger partial charge in [0.05, 0.1) is 15.6 Å². The summed E-state index contributed by atoms with van der Waals surface area (Å²) in [5.74, 6) is -1.33. The number of amides is 3. The lowest BCUT2D eigenvalue weighted by Crippen LogP contribution is -2.37. The Bertz CT molecular complexity index is 1430. The van der Waals surface area contributed by atoms with Crippen LogP contribution >= 0.6 is 46.3 Å². The van der Waals surface area contributed by atoms with Gasteiger partial charge in [-0.1, -0.05) is 58.4 Å². The third-order valence-corrected chi connectivity index (χ3v) is 9.11. The standard InChI is InChI=1S/C20H15Cl2N5O5S3/c21-13-6-5-11(9-14(13)22)23-16(28)7-8-33-20-26-25-19(34-20)24-17(29)10-27-18(30)12-3-1-2-4-15(12)35(27,31)32/h1-6,9H,7-8,10H2,(H,23,28)(H,24,25,29). The zero-order valence-electron chi connectivity index (χ0n) is 17.5. The van der Waals surface area contributed by atoms with E-state index in [2.05, 4.69) is 20.8 Å². The van der Waals surface area contributed by atoms with Crippen molar-refractivity contribution in [2.75, 3.05) is 22.9 Å². The average Bonchev–Trinajstić information content (AvgIpc) is 3.33. The van der Waals surface area contributed by atoms with Crippen LogP contribution in [0.3, 0.4) is 0 Å². The van der Waals surface area contributed by atoms with Crippen molar-refractivity contribution in [3.63, 3.8) is 0 Å². The highest BCUT2D eigenvalue weighted by molar-refractivity contribution is 8.01. The molecule has 0 spiro atoms. The zero-order chi connectivity index (χ0) is 25.2. The minimum absolute atomic E-state index is 0.0260. The Hall–Kier alpha value is -2.71. The quantitative estimate of drug-likeness (QED) is 0.308. The normalized spacial score (nSPS) is 14.0. The van der Waals surface area contributed by atoms with Gasteiger partial charge in [-0.2, -0.15) is 0 Å². The van der Waals surface area contributed by atoms with Crippen LogP contribution in [0.15, 0.2) is 51.7 Å². The molecule has 2 heterocycles. The largest absolute Gasteiger partial charge is 0.326 e. The van der Waals surface area contributed by atoms with Gasteiger partial charge in [-0.25, -0.2) is 12.7 Å². The van der Waals surface area contributed by atoms with Crippen molar-refractivity contribution in [2.24, 2.45) is 0 Å². The van der Waals surface area contributed by atoms with Gasteiger partial charge in [0.1, 0.15) is 11.4 Å². The van der Waals surface area contributed by atoms with Crippen LogP contribution in [0.1, 0.15) is 16.8 Å². The van der Waals surface area contributed by atoms with Crippen LogP contribution in [-0.4, -0.2) is 52.9 Å². The number of hydrogen-bond acceptors (Lipinski definition) is 9. The molecule has 15 heteroatoms. The number of nitrogens with one attached hydrogen (secondary N) is 2. The van der Waals surface area contributed by atoms with Crippen molar-refractivity contribution in [3.05, 3.63) is 58.1 Å². The third kappa shape index (κ3) is 5.76. The van der Waals surface area contributed by atoms with E-state index in [9.17, 15) is 22.8 Å². The van der Waals surface area contributed by atoms with Gasteiger partial charge in [0.15, 0.2) is 4.34 Å². The number of aromatic nitrogens is 2. The number of carbonyl (C=O) groups is 3. The molecule has 1 aromatic heterocycles. The van der Waals surface area contributed by atoms with Crippen molar-refractivity contribution in [1.82, 2.24) is 14.5 Å². The Morgan fingerprint density at radius 3 is 2.54 bits per heavy atom. The van der Waals surface area contributed by atoms with Gasteiger partial charge in [-0.05, 0) is 30.3 Å². The fraction of sp³-hybridized carbons (Fsp3) is 0.150. The highest BCUT2D eigenvalue weighted by Gasteiger charge is 2.41. The molecule has 10 nitrogen and oxygen atoms in total. The molecule has 1 aliphatic heterocycles. The molecule has 1 aliphatic rings. The maximum atomic E-state index is 12.6. The maximum Gasteiger partial charge on any atom is 0.269 e. The number of hydrogen-bond donors (Lipinski definition) is 2. The molecule has 2 N–H and O–H groups in total. The van der Waals surface area contributed by atoms with Gasteiger partial charge in [0.25, 0.3) is 15.9 Å². The van der Waals surface area contributed by atoms with Crippen LogP contribution < -0.4 is 10.6 Å². The molecule has 0 unspecified atom stereocenters. The second-order valence-electron chi connectivity index (χ2n) is 7.01. The minimum Gasteiger partial charge on any atom is -0.326 e. The van der Waals surface area contributed by atoms with Crippen LogP contribution in [0.5, 0.6) is 0 Å². The second kappa shape index (κ2) is 10.5. The minimum atomic E-state index is -4.09. The SMILES string of the molecule is O=C(CCSc1nnc(NC(=O)CN2C(=O)c3ccccc3S2(=O)=O)s1)Nc1ccc(Cl)c(Cl)c1. The summed E-state index contributed by atoms with van der Waals surface area (Å²) in [7, 11) is -4.09. The van der Waals surface area contributed by atoms with Crippen molar-refractivity contribution in [1.29, 1.82) is 0 Å². The Kier molecular flexibility index (Phi) is 7.62. The molecule has 0 saturated carbocycles. The molecular formula is C20H15Cl2N5O5S3. The number of nitrogens with zero attached hydrogens (tertiary/aromatic N) is 3. The monoisotopic (exact) mass is 571 g/mol. The summed E-state index contributed by atoms with van der Waals surface area (Å²) >= 11 is 14.1. The number of sulfonamides is 1. The predicted octanol–water partition coefficient (Wildman–Crippen LogP) is 3.75. The number of anilines is 2. The molecule has 0 atom stereocenters. The van der Waals surface area contributed by atoms with Crippen LogP contribution in [0.2, 0.25) is 10.0 Å². The van der Waals surface area contributed by atoms with Crippen molar-refractivity contribution in [2.45, 2.75) is 15.7 Å². The zero-order valence-corrected chi connectivity index (χ0v) is 21.5. The molecule has 4 rings (SSSR count). The van der Waals surface area contributed by atoms with Crippen molar-refractivity contribution < 1.29 is 22.8 Å². The lowest BCUT2D eigenvalue weighted by molar-refractivity contribution is -0.116. The summed E-state index contributed by atoms with van der Waals surface area (Å²) in [6.07, 6.45) is 0.182. The third-order valence-electron chi connectivity index (χ3n) is 4.61. The number of halogens is 2. The summed E-state index contributed by atoms with van der Waals surface area (Å²) in [5, 5.41) is 13.8. The molecule has 182 valence electrons. The van der Waals surface area contributed by atoms with E-state index in [-0.39, 0.29) is 27.9 Å². The number of thioether (sulfide) groups is 1. The van der Waals surface area contributed by atoms with Crippen LogP contribution in [0.4, 0.5) is 10.8 Å². The van der Waals surface area contributed by atoms with Crippen LogP contribution in [-0.2, 0) is 19.6 Å². The first kappa shape index (κ1) is 25.4. The maximum absolute atomic E-state index is 12.6. The summed E-state index contributed by atoms with van der Waals surface area (Å²) in [6, 6.07) is 10.5. The molecule has 0 bridgehead atoms. The second-order valence-corrected chi connectivity index (χ2v) is 12.0. The molecule has 0 fully saturated rings. The Morgan fingerprint density at radius 1 is 1.03 bits per heavy atom. The van der Waals surface area contributed by atoms with Gasteiger partial charge >= 0.3 is 0 Å². The molecule has 0 aliphatic carbocycles. The van der Waals surface area contributed by atoms with Gasteiger partial charge < -0.3 is 5.32 Å². The van der Waals surface area contributed by atoms with E-state index in [0.29, 0.717) is 30.1 Å². The lowest BCUT2D eigenvalue weighted by Gasteiger charge is -2.13. The van der Waals surface area contributed by atoms with Gasteiger partial charge in [-0.15, -0.1) is 10.2 Å². The van der Waals surface area contributed by atoms with E-state index < -0.39 is 28.4 Å². The highest BCUT2D eigenvalue weighted by atomic mass is 35.5. The molecule has 3 aromatic rings. The summed E-state index contributed by atoms with van der Waals surface area (Å²) in [6.45, 7) is -0.688. The number of benzene rings is 2. The lowest BCUT2D eigenvalue weighted by atomic mass is 10.2. The van der Waals surface area contributed by atoms with Gasteiger partial charge in [0.2, 0.25) is 16.9 Å². The summed E-state index contributed by atoms with van der Waals surface area (Å²) in [4.78, 5) is 36.8. The topological polar surface area (TPSA) is 138 Å². The average molecular weight is 572 g/mol. The van der Waals surface area contributed by atoms with Gasteiger partial charge in [-0.3, -0.25) is 19.7 Å². The van der Waals surface area contributed by atoms with E-state index in [4.69, 9.17) is 23.2 Å². The highest BCUT2D eigenvalue weighted by Crippen LogP contribution is 2.30. The first-order valence-corrected chi connectivity index (χ1v) is 13.8. The first-order valence-electron chi connectivity index (χ1n) is 9.82. The molecule has 35 heavy (non-hydrogen) atoms. The Balaban J connectivity index is 1.26. The van der Waals surface area contributed by atoms with E-state index in [1.165, 1.54) is 30.0 Å². The Morgan fingerprint density at radius 2 is 1.80 bits per heavy atom. The van der Waals surface area contributed by atoms with E-state index in [1.807, 2.05) is 0 Å². The van der Waals surface area contributed by atoms with E-state index in [1.54, 1.807) is 24.3 Å². The fourth-order valence-corrected chi connectivity index (χ4v) is 6.62. The summed E-state index contributed by atoms with van der Waals surface area (Å²) < 4.78 is 26.1. The number of carbonyl (C=O) groups excluding carboxylic acids is 3. The number of fused-ring (bicyclic) bond motifs is 1. The molecule has 0 saturated heterocycles. The van der Waals surface area contributed by atoms with E-state index in [0.717, 1.165) is 11.3 Å². The predicted molar refractivity (Wildman–Crippen MR) is 134 cm³/mol. The Labute approximate surface area is 218 Å². The smallest absolute Gasteiger partial charge is 0.269 e. The van der Waals surface area contributed by atoms with Crippen molar-refractivity contribution in [3.8, 4) is 0 Å². The number of rotatable bonds is 8. The molecule has 3 amide bonds. The summed E-state index contributed by atoms with van der Waals surface area (Å²) in [5.41, 5.74) is 0.551. The van der Waals surface area contributed by atoms with Gasteiger partial charge in [0, 0.05) is 17.9 Å². The fourth-order valence-electron chi connectivity index (χ4n) is 3.02. The molecule has 2 aromatic carbocycles. The first-order chi connectivity index (χ1) is 16.6. The molecule has 0 radical (unpaired) electrons. The van der Waals surface area contributed by atoms with Crippen molar-refractivity contribution >= 4 is 84.9 Å². The van der Waals surface area contributed by atoms with E-state index >= 15 is 0 Å². The molecular weight excluding hydrogens is 557 g/mol. The van der Waals surface area contributed by atoms with Crippen LogP contribution in [0, 0.1) is 0 Å². The van der Waals surface area contributed by atoms with Crippen LogP contribution in [0.25, 0.3) is 0 Å².